The van der Waals surface area contributed by atoms with Crippen LogP contribution in [0.4, 0.5) is 5.82 Å². The highest BCUT2D eigenvalue weighted by Crippen LogP contribution is 2.22. The molecule has 0 radical (unpaired) electrons. The van der Waals surface area contributed by atoms with E-state index < -0.39 is 0 Å². The Balaban J connectivity index is 2.08. The molecule has 1 atom stereocenters. The molecule has 2 aromatic rings. The van der Waals surface area contributed by atoms with Gasteiger partial charge in [-0.15, -0.1) is 0 Å². The third-order valence-electron chi connectivity index (χ3n) is 3.58. The van der Waals surface area contributed by atoms with Gasteiger partial charge < -0.3 is 11.1 Å². The van der Waals surface area contributed by atoms with Gasteiger partial charge in [0.25, 0.3) is 5.91 Å². The van der Waals surface area contributed by atoms with Crippen molar-refractivity contribution in [2.45, 2.75) is 19.9 Å². The smallest absolute Gasteiger partial charge is 0.273 e. The van der Waals surface area contributed by atoms with Crippen molar-refractivity contribution in [3.63, 3.8) is 0 Å². The van der Waals surface area contributed by atoms with Crippen molar-refractivity contribution >= 4 is 23.1 Å². The zero-order chi connectivity index (χ0) is 15.9. The fraction of sp³-hybridized carbons (Fsp3) is 0.400. The summed E-state index contributed by atoms with van der Waals surface area (Å²) in [5.74, 6) is -0.145. The number of likely N-dealkylation sites (N-methyl/N-ethyl adjacent to an activating group) is 1. The number of hydrogen-bond donors (Lipinski definition) is 2. The molecule has 118 valence electrons. The van der Waals surface area contributed by atoms with Crippen molar-refractivity contribution in [1.29, 1.82) is 0 Å². The van der Waals surface area contributed by atoms with E-state index >= 15 is 0 Å². The second kappa shape index (κ2) is 7.86. The highest BCUT2D eigenvalue weighted by atomic mass is 32.1. The van der Waals surface area contributed by atoms with Crippen LogP contribution in [-0.2, 0) is 0 Å². The van der Waals surface area contributed by atoms with Crippen molar-refractivity contribution in [2.24, 2.45) is 0 Å². The normalized spacial score (nSPS) is 12.3. The zero-order valence-electron chi connectivity index (χ0n) is 12.8. The number of nitrogens with zero attached hydrogens (tertiary/aromatic N) is 3. The Morgan fingerprint density at radius 3 is 2.68 bits per heavy atom. The van der Waals surface area contributed by atoms with Crippen LogP contribution in [-0.4, -0.2) is 40.4 Å². The molecular weight excluding hydrogens is 298 g/mol. The average Bonchev–Trinajstić information content (AvgIpc) is 3.05. The predicted molar refractivity (Wildman–Crippen MR) is 88.8 cm³/mol. The van der Waals surface area contributed by atoms with Gasteiger partial charge in [-0.25, -0.2) is 9.97 Å². The zero-order valence-corrected chi connectivity index (χ0v) is 13.6. The van der Waals surface area contributed by atoms with Crippen molar-refractivity contribution in [1.82, 2.24) is 20.2 Å². The summed E-state index contributed by atoms with van der Waals surface area (Å²) in [5.41, 5.74) is 7.07. The number of nitrogens with one attached hydrogen (secondary N) is 1. The Hall–Kier alpha value is -1.99. The molecule has 2 heterocycles. The van der Waals surface area contributed by atoms with Gasteiger partial charge >= 0.3 is 0 Å². The molecule has 2 aromatic heterocycles. The lowest BCUT2D eigenvalue weighted by Crippen LogP contribution is -2.38. The monoisotopic (exact) mass is 319 g/mol. The molecule has 0 aliphatic carbocycles. The van der Waals surface area contributed by atoms with Crippen molar-refractivity contribution in [2.75, 3.05) is 25.4 Å². The van der Waals surface area contributed by atoms with Gasteiger partial charge in [-0.05, 0) is 35.5 Å². The first-order valence-electron chi connectivity index (χ1n) is 7.28. The van der Waals surface area contributed by atoms with Crippen molar-refractivity contribution < 1.29 is 4.79 Å². The van der Waals surface area contributed by atoms with Gasteiger partial charge in [0.2, 0.25) is 0 Å². The minimum atomic E-state index is -0.294. The van der Waals surface area contributed by atoms with E-state index in [0.29, 0.717) is 6.54 Å². The van der Waals surface area contributed by atoms with Crippen LogP contribution in [0.15, 0.2) is 29.2 Å². The number of carbonyl (C=O) groups is 1. The second-order valence-electron chi connectivity index (χ2n) is 4.79. The minimum absolute atomic E-state index is 0.142. The molecule has 0 spiro atoms. The van der Waals surface area contributed by atoms with E-state index in [2.05, 4.69) is 45.5 Å². The number of amides is 1. The van der Waals surface area contributed by atoms with E-state index in [4.69, 9.17) is 5.73 Å². The topological polar surface area (TPSA) is 84.1 Å². The summed E-state index contributed by atoms with van der Waals surface area (Å²) in [6, 6.07) is 2.24. The Kier molecular flexibility index (Phi) is 5.85. The first-order chi connectivity index (χ1) is 10.7. The van der Waals surface area contributed by atoms with Crippen LogP contribution in [0.5, 0.6) is 0 Å². The minimum Gasteiger partial charge on any atom is -0.382 e. The molecule has 1 amide bonds. The van der Waals surface area contributed by atoms with Crippen LogP contribution in [0, 0.1) is 0 Å². The van der Waals surface area contributed by atoms with Gasteiger partial charge in [-0.1, -0.05) is 13.8 Å². The van der Waals surface area contributed by atoms with E-state index in [1.165, 1.54) is 18.0 Å². The second-order valence-corrected chi connectivity index (χ2v) is 5.57. The number of nitrogens with two attached hydrogens (primary N) is 1. The van der Waals surface area contributed by atoms with Gasteiger partial charge in [0.05, 0.1) is 6.04 Å². The summed E-state index contributed by atoms with van der Waals surface area (Å²) in [6.07, 6.45) is 2.93. The molecular formula is C15H21N5OS. The quantitative estimate of drug-likeness (QED) is 0.814. The van der Waals surface area contributed by atoms with E-state index in [1.54, 1.807) is 11.3 Å². The van der Waals surface area contributed by atoms with E-state index in [9.17, 15) is 4.79 Å². The molecule has 6 nitrogen and oxygen atoms in total. The molecule has 0 saturated carbocycles. The van der Waals surface area contributed by atoms with Crippen LogP contribution < -0.4 is 11.1 Å². The molecule has 0 aromatic carbocycles. The third kappa shape index (κ3) is 3.80. The van der Waals surface area contributed by atoms with E-state index in [-0.39, 0.29) is 23.5 Å². The van der Waals surface area contributed by atoms with Gasteiger partial charge in [-0.3, -0.25) is 9.69 Å². The maximum Gasteiger partial charge on any atom is 0.273 e. The Bertz CT molecular complexity index is 598. The Labute approximate surface area is 134 Å². The highest BCUT2D eigenvalue weighted by Gasteiger charge is 2.20. The van der Waals surface area contributed by atoms with Crippen LogP contribution in [0.2, 0.25) is 0 Å². The standard InChI is InChI=1S/C15H21N5OS/c1-3-20(4-2)12(11-5-8-22-10-11)9-19-15(21)13-14(16)18-7-6-17-13/h5-8,10,12H,3-4,9H2,1-2H3,(H2,16,18)(H,19,21). The van der Waals surface area contributed by atoms with Crippen LogP contribution in [0.3, 0.4) is 0 Å². The fourth-order valence-electron chi connectivity index (χ4n) is 2.38. The SMILES string of the molecule is CCN(CC)C(CNC(=O)c1nccnc1N)c1ccsc1. The lowest BCUT2D eigenvalue weighted by Gasteiger charge is -2.29. The molecule has 0 aliphatic rings. The fourth-order valence-corrected chi connectivity index (χ4v) is 3.09. The first-order valence-corrected chi connectivity index (χ1v) is 8.22. The average molecular weight is 319 g/mol. The summed E-state index contributed by atoms with van der Waals surface area (Å²) in [4.78, 5) is 22.4. The summed E-state index contributed by atoms with van der Waals surface area (Å²) in [5, 5.41) is 7.09. The Morgan fingerprint density at radius 2 is 2.09 bits per heavy atom. The largest absolute Gasteiger partial charge is 0.382 e. The summed E-state index contributed by atoms with van der Waals surface area (Å²) in [7, 11) is 0. The number of nitrogen functional groups attached to an aromatic ring is 1. The van der Waals surface area contributed by atoms with Gasteiger partial charge in [0, 0.05) is 18.9 Å². The highest BCUT2D eigenvalue weighted by molar-refractivity contribution is 7.07. The van der Waals surface area contributed by atoms with Crippen LogP contribution in [0.1, 0.15) is 35.9 Å². The molecule has 0 bridgehead atoms. The molecule has 22 heavy (non-hydrogen) atoms. The number of anilines is 1. The number of aromatic nitrogens is 2. The number of carbonyl (C=O) groups excluding carboxylic acids is 1. The third-order valence-corrected chi connectivity index (χ3v) is 4.28. The maximum atomic E-state index is 12.2. The molecule has 1 unspecified atom stereocenters. The number of rotatable bonds is 7. The first kappa shape index (κ1) is 16.4. The van der Waals surface area contributed by atoms with Crippen molar-refractivity contribution in [3.8, 4) is 0 Å². The van der Waals surface area contributed by atoms with Crippen LogP contribution >= 0.6 is 11.3 Å². The summed E-state index contributed by atoms with van der Waals surface area (Å²) >= 11 is 1.66. The predicted octanol–water partition coefficient (Wildman–Crippen LogP) is 1.93. The molecule has 3 N–H and O–H groups in total. The van der Waals surface area contributed by atoms with Gasteiger partial charge in [0.15, 0.2) is 11.5 Å². The van der Waals surface area contributed by atoms with Gasteiger partial charge in [0.1, 0.15) is 0 Å². The Morgan fingerprint density at radius 1 is 1.36 bits per heavy atom. The molecule has 0 fully saturated rings. The van der Waals surface area contributed by atoms with Gasteiger partial charge in [-0.2, -0.15) is 11.3 Å². The molecule has 2 rings (SSSR count). The number of thiophene rings is 1. The van der Waals surface area contributed by atoms with Crippen molar-refractivity contribution in [3.05, 3.63) is 40.5 Å². The molecule has 0 aliphatic heterocycles. The van der Waals surface area contributed by atoms with Crippen LogP contribution in [0.25, 0.3) is 0 Å². The van der Waals surface area contributed by atoms with E-state index in [1.807, 2.05) is 5.38 Å². The summed E-state index contributed by atoms with van der Waals surface area (Å²) in [6.45, 7) is 6.57. The lowest BCUT2D eigenvalue weighted by atomic mass is 10.1. The number of hydrogen-bond acceptors (Lipinski definition) is 6. The summed E-state index contributed by atoms with van der Waals surface area (Å²) < 4.78 is 0. The lowest BCUT2D eigenvalue weighted by molar-refractivity contribution is 0.0930. The maximum absolute atomic E-state index is 12.2. The molecule has 0 saturated heterocycles. The van der Waals surface area contributed by atoms with E-state index in [0.717, 1.165) is 13.1 Å². The molecule has 7 heteroatoms.